The minimum atomic E-state index is -0.806. The topological polar surface area (TPSA) is 81.3 Å². The first-order chi connectivity index (χ1) is 15.6. The van der Waals surface area contributed by atoms with Crippen molar-refractivity contribution in [1.29, 1.82) is 0 Å². The lowest BCUT2D eigenvalue weighted by atomic mass is 9.83. The van der Waals surface area contributed by atoms with Gasteiger partial charge in [-0.1, -0.05) is 12.1 Å². The predicted molar refractivity (Wildman–Crippen MR) is 124 cm³/mol. The first-order valence-electron chi connectivity index (χ1n) is 10.4. The summed E-state index contributed by atoms with van der Waals surface area (Å²) in [5.74, 6) is -1.57. The molecule has 2 aliphatic heterocycles. The number of aromatic nitrogens is 2. The smallest absolute Gasteiger partial charge is 0.272 e. The molecule has 3 aromatic rings. The van der Waals surface area contributed by atoms with Gasteiger partial charge < -0.3 is 10.2 Å². The van der Waals surface area contributed by atoms with Gasteiger partial charge in [0, 0.05) is 30.6 Å². The van der Waals surface area contributed by atoms with Crippen molar-refractivity contribution in [2.75, 3.05) is 18.9 Å². The lowest BCUT2D eigenvalue weighted by Crippen LogP contribution is -2.42. The van der Waals surface area contributed by atoms with E-state index in [1.807, 2.05) is 0 Å². The Morgan fingerprint density at radius 3 is 2.45 bits per heavy atom. The molecule has 2 atom stereocenters. The number of carbonyl (C=O) groups is 1. The Morgan fingerprint density at radius 1 is 1.12 bits per heavy atom. The number of H-pyrrole nitrogens is 1. The molecule has 2 aliphatic rings. The van der Waals surface area contributed by atoms with Crippen LogP contribution in [-0.2, 0) is 4.79 Å². The lowest BCUT2D eigenvalue weighted by Gasteiger charge is -2.36. The highest BCUT2D eigenvalue weighted by molar-refractivity contribution is 7.80. The third-order valence-corrected chi connectivity index (χ3v) is 7.17. The zero-order valence-corrected chi connectivity index (χ0v) is 19.0. The highest BCUT2D eigenvalue weighted by Crippen LogP contribution is 2.44. The summed E-state index contributed by atoms with van der Waals surface area (Å²) in [6, 6.07) is 7.94. The number of aromatic amines is 1. The van der Waals surface area contributed by atoms with Crippen molar-refractivity contribution in [3.63, 3.8) is 0 Å². The Labute approximate surface area is 193 Å². The van der Waals surface area contributed by atoms with Gasteiger partial charge in [0.15, 0.2) is 5.11 Å². The van der Waals surface area contributed by atoms with E-state index < -0.39 is 28.9 Å². The summed E-state index contributed by atoms with van der Waals surface area (Å²) in [5.41, 5.74) is 0.332. The van der Waals surface area contributed by atoms with Gasteiger partial charge in [-0.3, -0.25) is 14.5 Å². The second-order valence-corrected chi connectivity index (χ2v) is 9.28. The Bertz CT molecular complexity index is 1370. The number of nitrogens with zero attached hydrogens (tertiary/aromatic N) is 3. The molecule has 7 nitrogen and oxygen atoms in total. The molecule has 1 fully saturated rings. The van der Waals surface area contributed by atoms with Crippen LogP contribution in [0.1, 0.15) is 37.1 Å². The zero-order chi connectivity index (χ0) is 23.7. The van der Waals surface area contributed by atoms with Gasteiger partial charge in [0.1, 0.15) is 17.2 Å². The van der Waals surface area contributed by atoms with Crippen molar-refractivity contribution in [1.82, 2.24) is 20.0 Å². The van der Waals surface area contributed by atoms with E-state index in [1.54, 1.807) is 37.9 Å². The lowest BCUT2D eigenvalue weighted by molar-refractivity contribution is -0.131. The summed E-state index contributed by atoms with van der Waals surface area (Å²) in [5, 5.41) is 11.1. The molecular weight excluding hydrogens is 448 g/mol. The van der Waals surface area contributed by atoms with Gasteiger partial charge in [-0.2, -0.15) is 5.10 Å². The van der Waals surface area contributed by atoms with E-state index in [0.717, 1.165) is 5.56 Å². The molecule has 2 unspecified atom stereocenters. The van der Waals surface area contributed by atoms with E-state index in [2.05, 4.69) is 15.5 Å². The maximum absolute atomic E-state index is 14.3. The van der Waals surface area contributed by atoms with Crippen LogP contribution in [0.15, 0.2) is 41.2 Å². The number of nitrogens with one attached hydrogen (secondary N) is 2. The molecule has 0 spiro atoms. The van der Waals surface area contributed by atoms with Gasteiger partial charge in [-0.25, -0.2) is 13.9 Å². The second kappa shape index (κ2) is 7.31. The molecular formula is C23H21F2N5O2S. The maximum atomic E-state index is 14.3. The molecule has 2 aromatic carbocycles. The molecule has 1 saturated heterocycles. The summed E-state index contributed by atoms with van der Waals surface area (Å²) >= 11 is 5.56. The summed E-state index contributed by atoms with van der Waals surface area (Å²) < 4.78 is 28.0. The summed E-state index contributed by atoms with van der Waals surface area (Å²) in [7, 11) is 1.77. The van der Waals surface area contributed by atoms with Crippen LogP contribution in [0.3, 0.4) is 0 Å². The molecule has 3 heterocycles. The average Bonchev–Trinajstić information content (AvgIpc) is 2.92. The van der Waals surface area contributed by atoms with Gasteiger partial charge in [0.2, 0.25) is 0 Å². The molecule has 1 aromatic heterocycles. The molecule has 0 radical (unpaired) electrons. The van der Waals surface area contributed by atoms with Crippen LogP contribution in [0.2, 0.25) is 0 Å². The van der Waals surface area contributed by atoms with Gasteiger partial charge >= 0.3 is 0 Å². The molecule has 10 heteroatoms. The molecule has 1 amide bonds. The summed E-state index contributed by atoms with van der Waals surface area (Å²) in [6.07, 6.45) is 0. The minimum absolute atomic E-state index is 0.154. The van der Waals surface area contributed by atoms with Crippen molar-refractivity contribution in [2.24, 2.45) is 0 Å². The first-order valence-corrected chi connectivity index (χ1v) is 10.8. The Kier molecular flexibility index (Phi) is 4.75. The molecule has 2 N–H and O–H groups in total. The van der Waals surface area contributed by atoms with Crippen molar-refractivity contribution < 1.29 is 13.6 Å². The summed E-state index contributed by atoms with van der Waals surface area (Å²) in [6.45, 7) is 3.77. The number of hydrogen-bond donors (Lipinski definition) is 2. The minimum Gasteiger partial charge on any atom is -0.377 e. The standard InChI is InChI=1S/C23H21F2N5O2S/c1-23(2)21(32)30(22(33)29(23)3)10-15-18(11-4-6-12(24)7-5-11)26-16-9-13(25)8-14-17(16)19(15)27-28-20(14)31/h4-9,15,18,26H,10H2,1-3H3,(H,28,31). The van der Waals surface area contributed by atoms with Crippen LogP contribution in [0.25, 0.3) is 10.8 Å². The van der Waals surface area contributed by atoms with Gasteiger partial charge in [0.25, 0.3) is 11.5 Å². The van der Waals surface area contributed by atoms with Crippen LogP contribution in [-0.4, -0.2) is 50.1 Å². The third-order valence-electron chi connectivity index (χ3n) is 6.68. The number of benzene rings is 2. The fourth-order valence-electron chi connectivity index (χ4n) is 4.61. The monoisotopic (exact) mass is 469 g/mol. The van der Waals surface area contributed by atoms with E-state index in [0.29, 0.717) is 21.9 Å². The number of thiocarbonyl (C=S) groups is 1. The zero-order valence-electron chi connectivity index (χ0n) is 18.1. The van der Waals surface area contributed by atoms with Crippen molar-refractivity contribution in [2.45, 2.75) is 31.3 Å². The van der Waals surface area contributed by atoms with Crippen LogP contribution in [0.5, 0.6) is 0 Å². The molecule has 170 valence electrons. The molecule has 5 rings (SSSR count). The molecule has 33 heavy (non-hydrogen) atoms. The number of amides is 1. The highest BCUT2D eigenvalue weighted by atomic mass is 32.1. The number of hydrogen-bond acceptors (Lipinski definition) is 5. The van der Waals surface area contributed by atoms with Crippen molar-refractivity contribution in [3.8, 4) is 0 Å². The SMILES string of the molecule is CN1C(=S)N(CC2c3n[nH]c(=O)c4cc(F)cc(c34)NC2c2ccc(F)cc2)C(=O)C1(C)C. The predicted octanol–water partition coefficient (Wildman–Crippen LogP) is 3.29. The molecule has 0 bridgehead atoms. The fourth-order valence-corrected chi connectivity index (χ4v) is 5.00. The van der Waals surface area contributed by atoms with Gasteiger partial charge in [-0.05, 0) is 55.9 Å². The van der Waals surface area contributed by atoms with Crippen molar-refractivity contribution in [3.05, 3.63) is 69.6 Å². The third kappa shape index (κ3) is 3.19. The first kappa shape index (κ1) is 21.4. The number of anilines is 1. The quantitative estimate of drug-likeness (QED) is 0.573. The largest absolute Gasteiger partial charge is 0.377 e. The van der Waals surface area contributed by atoms with Gasteiger partial charge in [-0.15, -0.1) is 0 Å². The van der Waals surface area contributed by atoms with E-state index in [9.17, 15) is 18.4 Å². The van der Waals surface area contributed by atoms with Crippen LogP contribution in [0, 0.1) is 11.6 Å². The van der Waals surface area contributed by atoms with Crippen LogP contribution in [0.4, 0.5) is 14.5 Å². The van der Waals surface area contributed by atoms with E-state index in [1.165, 1.54) is 29.2 Å². The molecule has 0 saturated carbocycles. The molecule has 0 aliphatic carbocycles. The van der Waals surface area contributed by atoms with Gasteiger partial charge in [0.05, 0.1) is 17.1 Å². The number of likely N-dealkylation sites (N-methyl/N-ethyl adjacent to an activating group) is 1. The fraction of sp³-hybridized carbons (Fsp3) is 0.304. The average molecular weight is 470 g/mol. The van der Waals surface area contributed by atoms with E-state index in [4.69, 9.17) is 12.2 Å². The Balaban J connectivity index is 1.69. The van der Waals surface area contributed by atoms with E-state index >= 15 is 0 Å². The normalized spacial score (nSPS) is 21.6. The van der Waals surface area contributed by atoms with Crippen LogP contribution < -0.4 is 10.9 Å². The Hall–Kier alpha value is -3.40. The number of carbonyl (C=O) groups excluding carboxylic acids is 1. The Morgan fingerprint density at radius 2 is 1.82 bits per heavy atom. The highest BCUT2D eigenvalue weighted by Gasteiger charge is 2.48. The second-order valence-electron chi connectivity index (χ2n) is 8.91. The number of rotatable bonds is 3. The van der Waals surface area contributed by atoms with Crippen molar-refractivity contribution >= 4 is 39.7 Å². The number of halogens is 2. The maximum Gasteiger partial charge on any atom is 0.272 e. The van der Waals surface area contributed by atoms with E-state index in [-0.39, 0.29) is 23.7 Å². The summed E-state index contributed by atoms with van der Waals surface area (Å²) in [4.78, 5) is 28.9. The van der Waals surface area contributed by atoms with Crippen LogP contribution >= 0.6 is 12.2 Å².